The molecule has 0 aliphatic heterocycles. The Morgan fingerprint density at radius 3 is 2.53 bits per heavy atom. The lowest BCUT2D eigenvalue weighted by molar-refractivity contribution is 0.0978. The highest BCUT2D eigenvalue weighted by atomic mass is 19.2. The lowest BCUT2D eigenvalue weighted by Gasteiger charge is -2.06. The molecule has 2 aromatic carbocycles. The van der Waals surface area contributed by atoms with Crippen LogP contribution in [0, 0.1) is 18.6 Å². The van der Waals surface area contributed by atoms with Gasteiger partial charge in [0.05, 0.1) is 5.56 Å². The fraction of sp³-hybridized carbons (Fsp3) is 0.188. The molecule has 2 rings (SSSR count). The van der Waals surface area contributed by atoms with Crippen molar-refractivity contribution in [1.29, 1.82) is 0 Å². The van der Waals surface area contributed by atoms with Crippen LogP contribution in [-0.2, 0) is 6.42 Å². The minimum absolute atomic E-state index is 0.172. The zero-order valence-electron chi connectivity index (χ0n) is 10.6. The highest BCUT2D eigenvalue weighted by molar-refractivity contribution is 5.96. The van der Waals surface area contributed by atoms with Crippen LogP contribution in [0.25, 0.3) is 0 Å². The first-order valence-corrected chi connectivity index (χ1v) is 6.11. The van der Waals surface area contributed by atoms with Crippen molar-refractivity contribution in [3.8, 4) is 0 Å². The second kappa shape index (κ2) is 5.74. The molecule has 0 saturated carbocycles. The summed E-state index contributed by atoms with van der Waals surface area (Å²) in [5.41, 5.74) is 1.97. The third-order valence-corrected chi connectivity index (χ3v) is 3.13. The Morgan fingerprint density at radius 2 is 1.79 bits per heavy atom. The van der Waals surface area contributed by atoms with Crippen molar-refractivity contribution in [2.24, 2.45) is 0 Å². The first-order chi connectivity index (χ1) is 9.09. The number of hydrogen-bond donors (Lipinski definition) is 0. The highest BCUT2D eigenvalue weighted by Gasteiger charge is 2.14. The first-order valence-electron chi connectivity index (χ1n) is 6.11. The standard InChI is InChI=1S/C16H14F2O/c1-11-5-2-3-6-12(11)9-10-15(19)13-7-4-8-14(17)16(13)18/h2-8H,9-10H2,1H3. The summed E-state index contributed by atoms with van der Waals surface area (Å²) in [6.45, 7) is 1.96. The van der Waals surface area contributed by atoms with Gasteiger partial charge in [0.25, 0.3) is 0 Å². The van der Waals surface area contributed by atoms with Crippen LogP contribution in [0.2, 0.25) is 0 Å². The van der Waals surface area contributed by atoms with Gasteiger partial charge in [-0.1, -0.05) is 30.3 Å². The number of hydrogen-bond acceptors (Lipinski definition) is 1. The summed E-state index contributed by atoms with van der Waals surface area (Å²) in [4.78, 5) is 11.9. The van der Waals surface area contributed by atoms with E-state index in [1.54, 1.807) is 0 Å². The molecular weight excluding hydrogens is 246 g/mol. The third-order valence-electron chi connectivity index (χ3n) is 3.13. The number of carbonyl (C=O) groups is 1. The van der Waals surface area contributed by atoms with E-state index in [9.17, 15) is 13.6 Å². The summed E-state index contributed by atoms with van der Waals surface area (Å²) in [6.07, 6.45) is 0.701. The average Bonchev–Trinajstić information content (AvgIpc) is 2.40. The van der Waals surface area contributed by atoms with Gasteiger partial charge in [0.1, 0.15) is 0 Å². The van der Waals surface area contributed by atoms with E-state index in [2.05, 4.69) is 0 Å². The van der Waals surface area contributed by atoms with E-state index in [0.717, 1.165) is 17.2 Å². The molecule has 0 saturated heterocycles. The molecule has 0 N–H and O–H groups in total. The van der Waals surface area contributed by atoms with E-state index in [1.807, 2.05) is 31.2 Å². The monoisotopic (exact) mass is 260 g/mol. The van der Waals surface area contributed by atoms with E-state index in [-0.39, 0.29) is 17.8 Å². The molecule has 3 heteroatoms. The van der Waals surface area contributed by atoms with Gasteiger partial charge >= 0.3 is 0 Å². The summed E-state index contributed by atoms with van der Waals surface area (Å²) in [5.74, 6) is -2.42. The maximum absolute atomic E-state index is 13.5. The summed E-state index contributed by atoms with van der Waals surface area (Å²) < 4.78 is 26.5. The van der Waals surface area contributed by atoms with Crippen molar-refractivity contribution in [3.63, 3.8) is 0 Å². The van der Waals surface area contributed by atoms with Crippen molar-refractivity contribution in [2.45, 2.75) is 19.8 Å². The van der Waals surface area contributed by atoms with E-state index in [4.69, 9.17) is 0 Å². The Morgan fingerprint density at radius 1 is 1.05 bits per heavy atom. The number of carbonyl (C=O) groups excluding carboxylic acids is 1. The van der Waals surface area contributed by atoms with Crippen molar-refractivity contribution < 1.29 is 13.6 Å². The number of ketones is 1. The Labute approximate surface area is 110 Å². The SMILES string of the molecule is Cc1ccccc1CCC(=O)c1cccc(F)c1F. The highest BCUT2D eigenvalue weighted by Crippen LogP contribution is 2.16. The molecule has 1 nitrogen and oxygen atoms in total. The molecule has 19 heavy (non-hydrogen) atoms. The molecule has 0 atom stereocenters. The van der Waals surface area contributed by atoms with Crippen molar-refractivity contribution in [1.82, 2.24) is 0 Å². The molecule has 2 aromatic rings. The molecule has 0 unspecified atom stereocenters. The van der Waals surface area contributed by atoms with Gasteiger partial charge in [0.15, 0.2) is 17.4 Å². The van der Waals surface area contributed by atoms with Crippen molar-refractivity contribution in [3.05, 3.63) is 70.8 Å². The Bertz CT molecular complexity index is 605. The summed E-state index contributed by atoms with van der Waals surface area (Å²) in [5, 5.41) is 0. The molecule has 0 radical (unpaired) electrons. The smallest absolute Gasteiger partial charge is 0.169 e. The topological polar surface area (TPSA) is 17.1 Å². The molecule has 0 bridgehead atoms. The molecule has 0 fully saturated rings. The van der Waals surface area contributed by atoms with Crippen LogP contribution in [0.3, 0.4) is 0 Å². The quantitative estimate of drug-likeness (QED) is 0.757. The molecular formula is C16H14F2O. The molecule has 0 aliphatic rings. The van der Waals surface area contributed by atoms with E-state index in [1.165, 1.54) is 12.1 Å². The lowest BCUT2D eigenvalue weighted by Crippen LogP contribution is -2.06. The number of aryl methyl sites for hydroxylation is 2. The lowest BCUT2D eigenvalue weighted by atomic mass is 9.99. The van der Waals surface area contributed by atoms with Crippen LogP contribution < -0.4 is 0 Å². The van der Waals surface area contributed by atoms with Crippen LogP contribution in [-0.4, -0.2) is 5.78 Å². The van der Waals surface area contributed by atoms with Crippen molar-refractivity contribution >= 4 is 5.78 Å². The van der Waals surface area contributed by atoms with Crippen LogP contribution in [0.15, 0.2) is 42.5 Å². The summed E-state index contributed by atoms with van der Waals surface area (Å²) >= 11 is 0. The summed E-state index contributed by atoms with van der Waals surface area (Å²) in [7, 11) is 0. The maximum Gasteiger partial charge on any atom is 0.169 e. The van der Waals surface area contributed by atoms with Gasteiger partial charge in [-0.3, -0.25) is 4.79 Å². The third kappa shape index (κ3) is 3.05. The van der Waals surface area contributed by atoms with E-state index >= 15 is 0 Å². The predicted molar refractivity (Wildman–Crippen MR) is 70.2 cm³/mol. The Balaban J connectivity index is 2.10. The molecule has 0 spiro atoms. The predicted octanol–water partition coefficient (Wildman–Crippen LogP) is 4.09. The van der Waals surface area contributed by atoms with E-state index in [0.29, 0.717) is 6.42 Å². The zero-order valence-corrected chi connectivity index (χ0v) is 10.6. The van der Waals surface area contributed by atoms with Gasteiger partial charge in [-0.25, -0.2) is 8.78 Å². The van der Waals surface area contributed by atoms with Crippen molar-refractivity contribution in [2.75, 3.05) is 0 Å². The minimum Gasteiger partial charge on any atom is -0.294 e. The average molecular weight is 260 g/mol. The van der Waals surface area contributed by atoms with Gasteiger partial charge in [-0.05, 0) is 36.6 Å². The number of Topliss-reactive ketones (excluding diaryl/α,β-unsaturated/α-hetero) is 1. The van der Waals surface area contributed by atoms with Crippen LogP contribution in [0.4, 0.5) is 8.78 Å². The molecule has 98 valence electrons. The molecule has 0 aliphatic carbocycles. The molecule has 0 aromatic heterocycles. The van der Waals surface area contributed by atoms with Crippen LogP contribution in [0.5, 0.6) is 0 Å². The zero-order chi connectivity index (χ0) is 13.8. The first kappa shape index (κ1) is 13.4. The summed E-state index contributed by atoms with van der Waals surface area (Å²) in [6, 6.07) is 11.4. The molecule has 0 heterocycles. The Kier molecular flexibility index (Phi) is 4.05. The number of benzene rings is 2. The second-order valence-corrected chi connectivity index (χ2v) is 4.45. The number of halogens is 2. The maximum atomic E-state index is 13.5. The van der Waals surface area contributed by atoms with Gasteiger partial charge in [0, 0.05) is 6.42 Å². The molecule has 0 amide bonds. The second-order valence-electron chi connectivity index (χ2n) is 4.45. The van der Waals surface area contributed by atoms with Gasteiger partial charge < -0.3 is 0 Å². The van der Waals surface area contributed by atoms with Crippen LogP contribution >= 0.6 is 0 Å². The fourth-order valence-electron chi connectivity index (χ4n) is 1.99. The Hall–Kier alpha value is -2.03. The van der Waals surface area contributed by atoms with E-state index < -0.39 is 11.6 Å². The van der Waals surface area contributed by atoms with Crippen LogP contribution in [0.1, 0.15) is 27.9 Å². The van der Waals surface area contributed by atoms with Gasteiger partial charge in [-0.2, -0.15) is 0 Å². The minimum atomic E-state index is -1.06. The van der Waals surface area contributed by atoms with Gasteiger partial charge in [0.2, 0.25) is 0 Å². The largest absolute Gasteiger partial charge is 0.294 e. The fourth-order valence-corrected chi connectivity index (χ4v) is 1.99. The van der Waals surface area contributed by atoms with Gasteiger partial charge in [-0.15, -0.1) is 0 Å². The normalized spacial score (nSPS) is 10.5. The number of rotatable bonds is 4.